The predicted octanol–water partition coefficient (Wildman–Crippen LogP) is 2.66. The van der Waals surface area contributed by atoms with Crippen molar-refractivity contribution < 1.29 is 19.1 Å². The molecule has 152 valence electrons. The van der Waals surface area contributed by atoms with Gasteiger partial charge in [0.25, 0.3) is 0 Å². The van der Waals surface area contributed by atoms with E-state index in [2.05, 4.69) is 15.8 Å². The quantitative estimate of drug-likeness (QED) is 0.413. The first-order chi connectivity index (χ1) is 14.1. The van der Waals surface area contributed by atoms with Gasteiger partial charge in [-0.1, -0.05) is 41.9 Å². The van der Waals surface area contributed by atoms with E-state index in [0.717, 1.165) is 18.4 Å². The highest BCUT2D eigenvalue weighted by Gasteiger charge is 2.18. The Kier molecular flexibility index (Phi) is 7.61. The van der Waals surface area contributed by atoms with E-state index in [-0.39, 0.29) is 6.10 Å². The molecule has 8 heteroatoms. The number of rotatable bonds is 7. The van der Waals surface area contributed by atoms with Crippen LogP contribution in [0.4, 0.5) is 0 Å². The highest BCUT2D eigenvalue weighted by molar-refractivity contribution is 6.35. The summed E-state index contributed by atoms with van der Waals surface area (Å²) in [6.07, 6.45) is 3.27. The molecule has 2 aromatic carbocycles. The van der Waals surface area contributed by atoms with E-state index in [1.54, 1.807) is 18.2 Å². The maximum atomic E-state index is 11.8. The van der Waals surface area contributed by atoms with Crippen molar-refractivity contribution in [1.29, 1.82) is 0 Å². The molecule has 0 spiro atoms. The van der Waals surface area contributed by atoms with Gasteiger partial charge >= 0.3 is 11.8 Å². The van der Waals surface area contributed by atoms with Crippen LogP contribution in [0.2, 0.25) is 5.02 Å². The van der Waals surface area contributed by atoms with Crippen LogP contribution in [0.25, 0.3) is 0 Å². The van der Waals surface area contributed by atoms with E-state index < -0.39 is 11.8 Å². The van der Waals surface area contributed by atoms with Crippen molar-refractivity contribution in [2.24, 2.45) is 5.10 Å². The monoisotopic (exact) mass is 415 g/mol. The van der Waals surface area contributed by atoms with Gasteiger partial charge in [-0.05, 0) is 36.6 Å². The van der Waals surface area contributed by atoms with Crippen LogP contribution in [0.5, 0.6) is 5.75 Å². The molecule has 0 aliphatic carbocycles. The molecule has 3 rings (SSSR count). The third-order valence-corrected chi connectivity index (χ3v) is 4.68. The van der Waals surface area contributed by atoms with Crippen molar-refractivity contribution >= 4 is 29.6 Å². The van der Waals surface area contributed by atoms with Crippen LogP contribution in [0.1, 0.15) is 24.0 Å². The SMILES string of the molecule is O=C(NCC1CCCO1)C(=O)NN=Cc1cccc(OCc2ccccc2Cl)c1. The summed E-state index contributed by atoms with van der Waals surface area (Å²) in [6.45, 7) is 1.35. The minimum Gasteiger partial charge on any atom is -0.489 e. The topological polar surface area (TPSA) is 89.0 Å². The van der Waals surface area contributed by atoms with Crippen molar-refractivity contribution in [2.75, 3.05) is 13.2 Å². The third kappa shape index (κ3) is 6.58. The smallest absolute Gasteiger partial charge is 0.329 e. The normalized spacial score (nSPS) is 16.0. The standard InChI is InChI=1S/C21H22ClN3O4/c22-19-9-2-1-6-16(19)14-29-17-7-3-5-15(11-17)12-24-25-21(27)20(26)23-13-18-8-4-10-28-18/h1-3,5-7,9,11-12,18H,4,8,10,13-14H2,(H,23,26)(H,25,27). The number of ether oxygens (including phenoxy) is 2. The third-order valence-electron chi connectivity index (χ3n) is 4.31. The minimum atomic E-state index is -0.828. The number of nitrogens with zero attached hydrogens (tertiary/aromatic N) is 1. The summed E-state index contributed by atoms with van der Waals surface area (Å²) in [5.41, 5.74) is 3.80. The number of carbonyl (C=O) groups is 2. The fourth-order valence-electron chi connectivity index (χ4n) is 2.77. The van der Waals surface area contributed by atoms with Crippen molar-refractivity contribution in [1.82, 2.24) is 10.7 Å². The average Bonchev–Trinajstić information content (AvgIpc) is 3.25. The lowest BCUT2D eigenvalue weighted by Gasteiger charge is -2.09. The molecule has 2 N–H and O–H groups in total. The number of carbonyl (C=O) groups excluding carboxylic acids is 2. The van der Waals surface area contributed by atoms with Gasteiger partial charge in [-0.15, -0.1) is 0 Å². The number of amides is 2. The van der Waals surface area contributed by atoms with Gasteiger partial charge in [0.05, 0.1) is 12.3 Å². The maximum absolute atomic E-state index is 11.8. The summed E-state index contributed by atoms with van der Waals surface area (Å²) >= 11 is 6.12. The van der Waals surface area contributed by atoms with Crippen molar-refractivity contribution in [3.05, 3.63) is 64.7 Å². The van der Waals surface area contributed by atoms with Gasteiger partial charge in [0.15, 0.2) is 0 Å². The zero-order chi connectivity index (χ0) is 20.5. The summed E-state index contributed by atoms with van der Waals surface area (Å²) in [5.74, 6) is -0.936. The molecule has 1 aliphatic rings. The van der Waals surface area contributed by atoms with Crippen LogP contribution in [-0.4, -0.2) is 37.3 Å². The predicted molar refractivity (Wildman–Crippen MR) is 110 cm³/mol. The Morgan fingerprint density at radius 1 is 1.21 bits per heavy atom. The van der Waals surface area contributed by atoms with Crippen LogP contribution in [0.3, 0.4) is 0 Å². The van der Waals surface area contributed by atoms with E-state index in [1.807, 2.05) is 30.3 Å². The Balaban J connectivity index is 1.46. The molecule has 1 aliphatic heterocycles. The van der Waals surface area contributed by atoms with Crippen molar-refractivity contribution in [3.8, 4) is 5.75 Å². The highest BCUT2D eigenvalue weighted by atomic mass is 35.5. The Morgan fingerprint density at radius 2 is 2.07 bits per heavy atom. The maximum Gasteiger partial charge on any atom is 0.329 e. The largest absolute Gasteiger partial charge is 0.489 e. The van der Waals surface area contributed by atoms with E-state index in [1.165, 1.54) is 6.21 Å². The Morgan fingerprint density at radius 3 is 2.86 bits per heavy atom. The second-order valence-corrected chi connectivity index (χ2v) is 6.90. The molecule has 2 aromatic rings. The molecular formula is C21H22ClN3O4. The number of hydrazone groups is 1. The van der Waals surface area contributed by atoms with Gasteiger partial charge < -0.3 is 14.8 Å². The number of halogens is 1. The lowest BCUT2D eigenvalue weighted by molar-refractivity contribution is -0.139. The van der Waals surface area contributed by atoms with Crippen LogP contribution >= 0.6 is 11.6 Å². The molecule has 0 bridgehead atoms. The Hall–Kier alpha value is -2.90. The second-order valence-electron chi connectivity index (χ2n) is 6.50. The van der Waals surface area contributed by atoms with Gasteiger partial charge in [-0.3, -0.25) is 9.59 Å². The molecule has 1 heterocycles. The Labute approximate surface area is 174 Å². The molecule has 1 saturated heterocycles. The molecule has 1 fully saturated rings. The molecule has 0 radical (unpaired) electrons. The summed E-state index contributed by atoms with van der Waals surface area (Å²) in [6, 6.07) is 14.6. The van der Waals surface area contributed by atoms with Crippen molar-refractivity contribution in [2.45, 2.75) is 25.6 Å². The molecule has 7 nitrogen and oxygen atoms in total. The molecule has 1 unspecified atom stereocenters. The van der Waals surface area contributed by atoms with E-state index >= 15 is 0 Å². The van der Waals surface area contributed by atoms with Crippen LogP contribution in [0, 0.1) is 0 Å². The molecule has 0 aromatic heterocycles. The molecule has 0 saturated carbocycles. The average molecular weight is 416 g/mol. The zero-order valence-electron chi connectivity index (χ0n) is 15.8. The first-order valence-corrected chi connectivity index (χ1v) is 9.69. The van der Waals surface area contributed by atoms with Gasteiger partial charge in [-0.2, -0.15) is 5.10 Å². The fourth-order valence-corrected chi connectivity index (χ4v) is 2.96. The lowest BCUT2D eigenvalue weighted by Crippen LogP contribution is -2.41. The van der Waals surface area contributed by atoms with Gasteiger partial charge in [0, 0.05) is 23.7 Å². The molecular weight excluding hydrogens is 394 g/mol. The van der Waals surface area contributed by atoms with Crippen molar-refractivity contribution in [3.63, 3.8) is 0 Å². The van der Waals surface area contributed by atoms with Gasteiger partial charge in [0.2, 0.25) is 0 Å². The molecule has 1 atom stereocenters. The van der Waals surface area contributed by atoms with Gasteiger partial charge in [-0.25, -0.2) is 5.43 Å². The number of hydrogen-bond acceptors (Lipinski definition) is 5. The van der Waals surface area contributed by atoms with E-state index in [4.69, 9.17) is 21.1 Å². The van der Waals surface area contributed by atoms with Gasteiger partial charge in [0.1, 0.15) is 12.4 Å². The Bertz CT molecular complexity index is 882. The number of benzene rings is 2. The summed E-state index contributed by atoms with van der Waals surface area (Å²) in [5, 5.41) is 7.01. The summed E-state index contributed by atoms with van der Waals surface area (Å²) in [4.78, 5) is 23.5. The molecule has 2 amide bonds. The van der Waals surface area contributed by atoms with Crippen LogP contribution in [0.15, 0.2) is 53.6 Å². The zero-order valence-corrected chi connectivity index (χ0v) is 16.5. The first-order valence-electron chi connectivity index (χ1n) is 9.31. The second kappa shape index (κ2) is 10.6. The summed E-state index contributed by atoms with van der Waals surface area (Å²) in [7, 11) is 0. The molecule has 29 heavy (non-hydrogen) atoms. The van der Waals surface area contributed by atoms with E-state index in [9.17, 15) is 9.59 Å². The highest BCUT2D eigenvalue weighted by Crippen LogP contribution is 2.19. The van der Waals surface area contributed by atoms with E-state index in [0.29, 0.717) is 36.1 Å². The fraction of sp³-hybridized carbons (Fsp3) is 0.286. The number of nitrogens with one attached hydrogen (secondary N) is 2. The lowest BCUT2D eigenvalue weighted by atomic mass is 10.2. The minimum absolute atomic E-state index is 0.0243. The van der Waals surface area contributed by atoms with Crippen LogP contribution < -0.4 is 15.5 Å². The van der Waals surface area contributed by atoms with Crippen LogP contribution in [-0.2, 0) is 20.9 Å². The first kappa shape index (κ1) is 20.8. The number of hydrogen-bond donors (Lipinski definition) is 2. The summed E-state index contributed by atoms with van der Waals surface area (Å²) < 4.78 is 11.1.